The molecule has 4 heteroatoms. The Morgan fingerprint density at radius 3 is 2.61 bits per heavy atom. The van der Waals surface area contributed by atoms with Crippen LogP contribution in [0, 0.1) is 0 Å². The molecule has 0 saturated carbocycles. The third kappa shape index (κ3) is 2.78. The Morgan fingerprint density at radius 2 is 2.11 bits per heavy atom. The molecule has 1 aromatic carbocycles. The number of carboxylic acids is 1. The van der Waals surface area contributed by atoms with Crippen molar-refractivity contribution in [2.45, 2.75) is 44.9 Å². The molecule has 1 aromatic rings. The van der Waals surface area contributed by atoms with E-state index in [1.807, 2.05) is 13.8 Å². The van der Waals surface area contributed by atoms with Crippen molar-refractivity contribution in [3.8, 4) is 0 Å². The summed E-state index contributed by atoms with van der Waals surface area (Å²) in [6, 6.07) is 5.05. The van der Waals surface area contributed by atoms with Crippen LogP contribution in [0.1, 0.15) is 45.1 Å². The van der Waals surface area contributed by atoms with Gasteiger partial charge in [0.1, 0.15) is 0 Å². The summed E-state index contributed by atoms with van der Waals surface area (Å²) in [7, 11) is 0. The van der Waals surface area contributed by atoms with Crippen LogP contribution in [-0.4, -0.2) is 11.1 Å². The zero-order chi connectivity index (χ0) is 13.8. The number of nitrogens with two attached hydrogens (primary N) is 1. The number of unbranched alkanes of at least 4 members (excludes halogenated alkanes) is 1. The number of nitrogen functional groups attached to an aromatic ring is 1. The minimum Gasteiger partial charge on any atom is -0.481 e. The van der Waals surface area contributed by atoms with Crippen LogP contribution in [0.15, 0.2) is 18.2 Å². The average molecular weight is 270 g/mol. The molecule has 0 amide bonds. The van der Waals surface area contributed by atoms with E-state index in [1.165, 1.54) is 0 Å². The van der Waals surface area contributed by atoms with Gasteiger partial charge in [-0.1, -0.05) is 38.3 Å². The van der Waals surface area contributed by atoms with E-state index in [2.05, 4.69) is 0 Å². The second kappa shape index (κ2) is 6.10. The molecule has 0 fully saturated rings. The number of rotatable bonds is 6. The van der Waals surface area contributed by atoms with E-state index in [0.717, 1.165) is 12.8 Å². The Bertz CT molecular complexity index is 434. The molecule has 0 heterocycles. The number of carbonyl (C=O) groups is 1. The summed E-state index contributed by atoms with van der Waals surface area (Å²) >= 11 is 5.97. The molecule has 0 spiro atoms. The van der Waals surface area contributed by atoms with Crippen LogP contribution in [0.3, 0.4) is 0 Å². The van der Waals surface area contributed by atoms with Gasteiger partial charge < -0.3 is 10.8 Å². The molecule has 1 unspecified atom stereocenters. The van der Waals surface area contributed by atoms with Gasteiger partial charge in [-0.3, -0.25) is 4.79 Å². The van der Waals surface area contributed by atoms with Crippen molar-refractivity contribution in [2.24, 2.45) is 0 Å². The lowest BCUT2D eigenvalue weighted by atomic mass is 9.73. The lowest BCUT2D eigenvalue weighted by Crippen LogP contribution is -2.36. The quantitative estimate of drug-likeness (QED) is 0.771. The summed E-state index contributed by atoms with van der Waals surface area (Å²) in [5.74, 6) is -0.826. The minimum atomic E-state index is -0.926. The highest BCUT2D eigenvalue weighted by Crippen LogP contribution is 2.38. The summed E-state index contributed by atoms with van der Waals surface area (Å²) in [6.45, 7) is 3.92. The van der Waals surface area contributed by atoms with Crippen molar-refractivity contribution < 1.29 is 9.90 Å². The van der Waals surface area contributed by atoms with Crippen LogP contribution in [0.25, 0.3) is 0 Å². The topological polar surface area (TPSA) is 63.3 Å². The van der Waals surface area contributed by atoms with E-state index >= 15 is 0 Å². The molecule has 1 rings (SSSR count). The van der Waals surface area contributed by atoms with E-state index in [1.54, 1.807) is 18.2 Å². The van der Waals surface area contributed by atoms with Gasteiger partial charge >= 0.3 is 5.97 Å². The summed E-state index contributed by atoms with van der Waals surface area (Å²) in [6.07, 6.45) is 2.90. The van der Waals surface area contributed by atoms with Crippen molar-refractivity contribution in [3.63, 3.8) is 0 Å². The maximum Gasteiger partial charge on any atom is 0.314 e. The second-order valence-electron chi connectivity index (χ2n) is 4.58. The molecule has 3 nitrogen and oxygen atoms in total. The highest BCUT2D eigenvalue weighted by molar-refractivity contribution is 6.30. The van der Waals surface area contributed by atoms with Crippen molar-refractivity contribution in [1.82, 2.24) is 0 Å². The van der Waals surface area contributed by atoms with E-state index in [0.29, 0.717) is 29.1 Å². The highest BCUT2D eigenvalue weighted by atomic mass is 35.5. The third-order valence-corrected chi connectivity index (χ3v) is 3.74. The number of carboxylic acid groups (broad SMARTS) is 1. The summed E-state index contributed by atoms with van der Waals surface area (Å²) in [5, 5.41) is 10.1. The molecule has 0 radical (unpaired) electrons. The standard InChI is InChI=1S/C14H20ClNO2/c1-3-5-8-14(4-2,13(17)18)11-9-10(15)6-7-12(11)16/h6-7,9H,3-5,8,16H2,1-2H3,(H,17,18). The first-order chi connectivity index (χ1) is 8.47. The van der Waals surface area contributed by atoms with Crippen LogP contribution in [0.4, 0.5) is 5.69 Å². The number of hydrogen-bond acceptors (Lipinski definition) is 2. The largest absolute Gasteiger partial charge is 0.481 e. The van der Waals surface area contributed by atoms with Gasteiger partial charge in [0, 0.05) is 10.7 Å². The molecular weight excluding hydrogens is 250 g/mol. The summed E-state index contributed by atoms with van der Waals surface area (Å²) in [5.41, 5.74) is 6.15. The predicted octanol–water partition coefficient (Wildman–Crippen LogP) is 3.84. The Balaban J connectivity index is 3.32. The maximum absolute atomic E-state index is 11.7. The number of anilines is 1. The molecule has 3 N–H and O–H groups in total. The average Bonchev–Trinajstić information content (AvgIpc) is 2.34. The van der Waals surface area contributed by atoms with Gasteiger partial charge in [0.15, 0.2) is 0 Å². The molecule has 0 aromatic heterocycles. The molecule has 0 aliphatic carbocycles. The summed E-state index contributed by atoms with van der Waals surface area (Å²) < 4.78 is 0. The zero-order valence-corrected chi connectivity index (χ0v) is 11.6. The fraction of sp³-hybridized carbons (Fsp3) is 0.500. The van der Waals surface area contributed by atoms with Crippen LogP contribution in [0.5, 0.6) is 0 Å². The SMILES string of the molecule is CCCCC(CC)(C(=O)O)c1cc(Cl)ccc1N. The van der Waals surface area contributed by atoms with Gasteiger partial charge in [-0.25, -0.2) is 0 Å². The van der Waals surface area contributed by atoms with Crippen molar-refractivity contribution in [1.29, 1.82) is 0 Å². The predicted molar refractivity (Wildman–Crippen MR) is 75.0 cm³/mol. The Labute approximate surface area is 113 Å². The van der Waals surface area contributed by atoms with Crippen molar-refractivity contribution in [3.05, 3.63) is 28.8 Å². The Hall–Kier alpha value is -1.22. The molecule has 100 valence electrons. The highest BCUT2D eigenvalue weighted by Gasteiger charge is 2.39. The van der Waals surface area contributed by atoms with Gasteiger partial charge in [0.05, 0.1) is 5.41 Å². The van der Waals surface area contributed by atoms with Crippen LogP contribution >= 0.6 is 11.6 Å². The molecule has 18 heavy (non-hydrogen) atoms. The fourth-order valence-electron chi connectivity index (χ4n) is 2.30. The maximum atomic E-state index is 11.7. The molecule has 1 atom stereocenters. The first-order valence-corrected chi connectivity index (χ1v) is 6.64. The van der Waals surface area contributed by atoms with Crippen LogP contribution < -0.4 is 5.73 Å². The molecular formula is C14H20ClNO2. The van der Waals surface area contributed by atoms with Gasteiger partial charge in [0.2, 0.25) is 0 Å². The van der Waals surface area contributed by atoms with Gasteiger partial charge in [-0.15, -0.1) is 0 Å². The second-order valence-corrected chi connectivity index (χ2v) is 5.01. The molecule has 0 saturated heterocycles. The van der Waals surface area contributed by atoms with E-state index in [4.69, 9.17) is 17.3 Å². The number of benzene rings is 1. The molecule has 0 aliphatic rings. The normalized spacial score (nSPS) is 14.2. The van der Waals surface area contributed by atoms with Crippen molar-refractivity contribution in [2.75, 3.05) is 5.73 Å². The number of aliphatic carboxylic acids is 1. The molecule has 0 aliphatic heterocycles. The van der Waals surface area contributed by atoms with Crippen LogP contribution in [0.2, 0.25) is 5.02 Å². The Kier molecular flexibility index (Phi) is 5.03. The zero-order valence-electron chi connectivity index (χ0n) is 10.9. The smallest absolute Gasteiger partial charge is 0.314 e. The first-order valence-electron chi connectivity index (χ1n) is 6.26. The number of hydrogen-bond donors (Lipinski definition) is 2. The Morgan fingerprint density at radius 1 is 1.44 bits per heavy atom. The minimum absolute atomic E-state index is 0.500. The van der Waals surface area contributed by atoms with Gasteiger partial charge in [-0.05, 0) is 36.6 Å². The fourth-order valence-corrected chi connectivity index (χ4v) is 2.47. The van der Waals surface area contributed by atoms with Crippen LogP contribution in [-0.2, 0) is 10.2 Å². The van der Waals surface area contributed by atoms with Crippen molar-refractivity contribution >= 4 is 23.3 Å². The monoisotopic (exact) mass is 269 g/mol. The van der Waals surface area contributed by atoms with Gasteiger partial charge in [-0.2, -0.15) is 0 Å². The third-order valence-electron chi connectivity index (χ3n) is 3.50. The lowest BCUT2D eigenvalue weighted by Gasteiger charge is -2.30. The van der Waals surface area contributed by atoms with E-state index in [9.17, 15) is 9.90 Å². The first kappa shape index (κ1) is 14.8. The van der Waals surface area contributed by atoms with Gasteiger partial charge in [0.25, 0.3) is 0 Å². The number of halogens is 1. The van der Waals surface area contributed by atoms with E-state index in [-0.39, 0.29) is 0 Å². The molecule has 0 bridgehead atoms. The lowest BCUT2D eigenvalue weighted by molar-refractivity contribution is -0.144. The van der Waals surface area contributed by atoms with E-state index < -0.39 is 11.4 Å². The summed E-state index contributed by atoms with van der Waals surface area (Å²) in [4.78, 5) is 11.7.